The third-order valence-corrected chi connectivity index (χ3v) is 4.33. The first-order valence-corrected chi connectivity index (χ1v) is 8.23. The second kappa shape index (κ2) is 7.45. The predicted molar refractivity (Wildman–Crippen MR) is 90.7 cm³/mol. The lowest BCUT2D eigenvalue weighted by molar-refractivity contribution is -0.137. The molecule has 1 fully saturated rings. The van der Waals surface area contributed by atoms with Gasteiger partial charge in [-0.15, -0.1) is 0 Å². The van der Waals surface area contributed by atoms with Gasteiger partial charge in [0.25, 0.3) is 0 Å². The van der Waals surface area contributed by atoms with Gasteiger partial charge >= 0.3 is 5.97 Å². The Morgan fingerprint density at radius 3 is 2.71 bits per heavy atom. The van der Waals surface area contributed by atoms with Crippen molar-refractivity contribution in [2.45, 2.75) is 37.8 Å². The van der Waals surface area contributed by atoms with Crippen LogP contribution in [0.25, 0.3) is 10.8 Å². The molecule has 1 aliphatic rings. The molecular weight excluding hydrogens is 306 g/mol. The Morgan fingerprint density at radius 2 is 2.00 bits per heavy atom. The maximum atomic E-state index is 12.2. The molecule has 0 aromatic heterocycles. The van der Waals surface area contributed by atoms with Crippen molar-refractivity contribution in [3.8, 4) is 0 Å². The van der Waals surface area contributed by atoms with Gasteiger partial charge in [0.05, 0.1) is 25.0 Å². The lowest BCUT2D eigenvalue weighted by Gasteiger charge is -2.19. The van der Waals surface area contributed by atoms with Crippen molar-refractivity contribution in [2.75, 3.05) is 6.61 Å². The fourth-order valence-corrected chi connectivity index (χ4v) is 3.12. The van der Waals surface area contributed by atoms with Crippen LogP contribution in [0.3, 0.4) is 0 Å². The average molecular weight is 327 g/mol. The van der Waals surface area contributed by atoms with Crippen LogP contribution in [0, 0.1) is 0 Å². The molecule has 1 amide bonds. The Hall–Kier alpha value is -2.40. The number of carbonyl (C=O) groups is 2. The van der Waals surface area contributed by atoms with E-state index in [0.717, 1.165) is 29.2 Å². The minimum Gasteiger partial charge on any atom is -0.481 e. The summed E-state index contributed by atoms with van der Waals surface area (Å²) in [5.74, 6) is -1.10. The normalized spacial score (nSPS) is 18.4. The average Bonchev–Trinajstić information content (AvgIpc) is 3.06. The highest BCUT2D eigenvalue weighted by Gasteiger charge is 2.23. The van der Waals surface area contributed by atoms with Crippen molar-refractivity contribution in [3.05, 3.63) is 48.0 Å². The molecule has 0 aliphatic carbocycles. The molecule has 2 aromatic carbocycles. The van der Waals surface area contributed by atoms with Gasteiger partial charge in [0.2, 0.25) is 5.91 Å². The number of aliphatic carboxylic acids is 1. The zero-order valence-corrected chi connectivity index (χ0v) is 13.4. The number of hydrogen-bond acceptors (Lipinski definition) is 3. The van der Waals surface area contributed by atoms with Crippen LogP contribution in [-0.2, 0) is 14.3 Å². The van der Waals surface area contributed by atoms with Crippen molar-refractivity contribution in [2.24, 2.45) is 0 Å². The first kappa shape index (κ1) is 16.5. The summed E-state index contributed by atoms with van der Waals surface area (Å²) in [6.45, 7) is 0.696. The highest BCUT2D eigenvalue weighted by atomic mass is 16.5. The zero-order valence-electron chi connectivity index (χ0n) is 13.4. The van der Waals surface area contributed by atoms with E-state index >= 15 is 0 Å². The van der Waals surface area contributed by atoms with E-state index in [4.69, 9.17) is 4.74 Å². The van der Waals surface area contributed by atoms with Crippen LogP contribution >= 0.6 is 0 Å². The van der Waals surface area contributed by atoms with E-state index in [1.807, 2.05) is 42.5 Å². The van der Waals surface area contributed by atoms with E-state index in [1.165, 1.54) is 0 Å². The Kier molecular flexibility index (Phi) is 5.11. The van der Waals surface area contributed by atoms with Crippen LogP contribution in [0.5, 0.6) is 0 Å². The van der Waals surface area contributed by atoms with Gasteiger partial charge < -0.3 is 15.2 Å². The summed E-state index contributed by atoms with van der Waals surface area (Å²) in [7, 11) is 0. The molecule has 3 rings (SSSR count). The van der Waals surface area contributed by atoms with Gasteiger partial charge in [0.1, 0.15) is 0 Å². The molecule has 1 aliphatic heterocycles. The number of carboxylic acid groups (broad SMARTS) is 1. The van der Waals surface area contributed by atoms with Crippen LogP contribution in [0.1, 0.15) is 37.3 Å². The first-order valence-electron chi connectivity index (χ1n) is 8.23. The van der Waals surface area contributed by atoms with Gasteiger partial charge in [-0.2, -0.15) is 0 Å². The maximum Gasteiger partial charge on any atom is 0.305 e. The van der Waals surface area contributed by atoms with Gasteiger partial charge in [-0.1, -0.05) is 36.4 Å². The number of nitrogens with one attached hydrogen (secondary N) is 1. The summed E-state index contributed by atoms with van der Waals surface area (Å²) < 4.78 is 5.47. The maximum absolute atomic E-state index is 12.2. The number of carboxylic acids is 1. The van der Waals surface area contributed by atoms with E-state index in [-0.39, 0.29) is 24.9 Å². The van der Waals surface area contributed by atoms with Crippen LogP contribution in [0.15, 0.2) is 42.5 Å². The van der Waals surface area contributed by atoms with Crippen molar-refractivity contribution < 1.29 is 19.4 Å². The molecule has 24 heavy (non-hydrogen) atoms. The van der Waals surface area contributed by atoms with E-state index in [9.17, 15) is 14.7 Å². The number of ether oxygens (including phenoxy) is 1. The van der Waals surface area contributed by atoms with E-state index in [1.54, 1.807) is 0 Å². The molecule has 0 saturated carbocycles. The quantitative estimate of drug-likeness (QED) is 0.855. The molecule has 5 heteroatoms. The van der Waals surface area contributed by atoms with Gasteiger partial charge in [-0.05, 0) is 35.2 Å². The third-order valence-electron chi connectivity index (χ3n) is 4.33. The van der Waals surface area contributed by atoms with E-state index < -0.39 is 12.0 Å². The van der Waals surface area contributed by atoms with Gasteiger partial charge in [0.15, 0.2) is 0 Å². The largest absolute Gasteiger partial charge is 0.481 e. The number of benzene rings is 2. The van der Waals surface area contributed by atoms with Crippen molar-refractivity contribution >= 4 is 22.6 Å². The topological polar surface area (TPSA) is 75.6 Å². The van der Waals surface area contributed by atoms with Crippen LogP contribution in [0.2, 0.25) is 0 Å². The summed E-state index contributed by atoms with van der Waals surface area (Å²) in [6.07, 6.45) is 1.94. The predicted octanol–water partition coefficient (Wildman–Crippen LogP) is 3.04. The summed E-state index contributed by atoms with van der Waals surface area (Å²) in [5, 5.41) is 14.1. The third kappa shape index (κ3) is 4.11. The number of rotatable bonds is 6. The summed E-state index contributed by atoms with van der Waals surface area (Å²) in [5.41, 5.74) is 0.803. The van der Waals surface area contributed by atoms with Crippen molar-refractivity contribution in [1.29, 1.82) is 0 Å². The first-order chi connectivity index (χ1) is 11.6. The Bertz CT molecular complexity index is 737. The number of hydrogen-bond donors (Lipinski definition) is 2. The molecular formula is C19H21NO4. The van der Waals surface area contributed by atoms with Crippen LogP contribution in [-0.4, -0.2) is 29.7 Å². The minimum absolute atomic E-state index is 0.0490. The number of fused-ring (bicyclic) bond motifs is 1. The van der Waals surface area contributed by atoms with Gasteiger partial charge in [0, 0.05) is 6.61 Å². The number of carbonyl (C=O) groups excluding carboxylic acids is 1. The summed E-state index contributed by atoms with van der Waals surface area (Å²) >= 11 is 0. The molecule has 2 N–H and O–H groups in total. The van der Waals surface area contributed by atoms with E-state index in [2.05, 4.69) is 5.32 Å². The lowest BCUT2D eigenvalue weighted by atomic mass is 9.99. The SMILES string of the molecule is O=C(O)C[C@H](NC(=O)CC1CCCO1)c1ccc2ccccc2c1. The molecule has 0 radical (unpaired) electrons. The highest BCUT2D eigenvalue weighted by Crippen LogP contribution is 2.23. The Labute approximate surface area is 140 Å². The fourth-order valence-electron chi connectivity index (χ4n) is 3.12. The van der Waals surface area contributed by atoms with Crippen molar-refractivity contribution in [1.82, 2.24) is 5.32 Å². The Morgan fingerprint density at radius 1 is 1.21 bits per heavy atom. The van der Waals surface area contributed by atoms with Crippen molar-refractivity contribution in [3.63, 3.8) is 0 Å². The molecule has 2 atom stereocenters. The molecule has 1 saturated heterocycles. The molecule has 0 bridgehead atoms. The fraction of sp³-hybridized carbons (Fsp3) is 0.368. The second-order valence-corrected chi connectivity index (χ2v) is 6.16. The summed E-state index contributed by atoms with van der Waals surface area (Å²) in [6, 6.07) is 13.1. The second-order valence-electron chi connectivity index (χ2n) is 6.16. The number of amides is 1. The standard InChI is InChI=1S/C19H21NO4/c21-18(11-16-6-3-9-24-16)20-17(12-19(22)23)15-8-7-13-4-1-2-5-14(13)10-15/h1-2,4-5,7-8,10,16-17H,3,6,9,11-12H2,(H,20,21)(H,22,23)/t16?,17-/m0/s1. The molecule has 5 nitrogen and oxygen atoms in total. The van der Waals surface area contributed by atoms with Crippen LogP contribution in [0.4, 0.5) is 0 Å². The lowest BCUT2D eigenvalue weighted by Crippen LogP contribution is -2.32. The molecule has 2 aromatic rings. The Balaban J connectivity index is 1.76. The molecule has 1 unspecified atom stereocenters. The monoisotopic (exact) mass is 327 g/mol. The minimum atomic E-state index is -0.939. The van der Waals surface area contributed by atoms with Crippen LogP contribution < -0.4 is 5.32 Å². The summed E-state index contributed by atoms with van der Waals surface area (Å²) in [4.78, 5) is 23.4. The van der Waals surface area contributed by atoms with Gasteiger partial charge in [-0.3, -0.25) is 9.59 Å². The van der Waals surface area contributed by atoms with Gasteiger partial charge in [-0.25, -0.2) is 0 Å². The molecule has 0 spiro atoms. The highest BCUT2D eigenvalue weighted by molar-refractivity contribution is 5.84. The molecule has 1 heterocycles. The smallest absolute Gasteiger partial charge is 0.305 e. The van der Waals surface area contributed by atoms with E-state index in [0.29, 0.717) is 6.61 Å². The zero-order chi connectivity index (χ0) is 16.9. The molecule has 126 valence electrons.